The maximum Gasteiger partial charge on any atom is 0.129 e. The van der Waals surface area contributed by atoms with Crippen LogP contribution in [0.25, 0.3) is 22.0 Å². The summed E-state index contributed by atoms with van der Waals surface area (Å²) in [5.41, 5.74) is 8.49. The Bertz CT molecular complexity index is 694. The van der Waals surface area contributed by atoms with Gasteiger partial charge in [-0.25, -0.2) is 9.97 Å². The van der Waals surface area contributed by atoms with E-state index in [0.717, 1.165) is 27.0 Å². The van der Waals surface area contributed by atoms with Crippen LogP contribution in [0.4, 0.5) is 5.82 Å². The van der Waals surface area contributed by atoms with Gasteiger partial charge in [-0.1, -0.05) is 0 Å². The lowest BCUT2D eigenvalue weighted by atomic mass is 10.3. The van der Waals surface area contributed by atoms with Crippen LogP contribution in [-0.2, 0) is 0 Å². The van der Waals surface area contributed by atoms with Gasteiger partial charge in [0.05, 0.1) is 16.8 Å². The Kier molecular flexibility index (Phi) is 2.64. The molecule has 18 heavy (non-hydrogen) atoms. The average molecular weight is 277 g/mol. The van der Waals surface area contributed by atoms with Gasteiger partial charge in [-0.3, -0.25) is 5.10 Å². The molecule has 0 saturated heterocycles. The molecule has 0 aromatic carbocycles. The highest BCUT2D eigenvalue weighted by Crippen LogP contribution is 2.33. The zero-order valence-corrected chi connectivity index (χ0v) is 11.5. The van der Waals surface area contributed by atoms with Gasteiger partial charge in [-0.15, -0.1) is 22.7 Å². The Balaban J connectivity index is 2.05. The Morgan fingerprint density at radius 3 is 2.72 bits per heavy atom. The van der Waals surface area contributed by atoms with Crippen LogP contribution in [0.3, 0.4) is 0 Å². The zero-order chi connectivity index (χ0) is 12.7. The van der Waals surface area contributed by atoms with Gasteiger partial charge in [0.2, 0.25) is 0 Å². The van der Waals surface area contributed by atoms with Gasteiger partial charge in [-0.2, -0.15) is 5.10 Å². The fourth-order valence-corrected chi connectivity index (χ4v) is 3.39. The third-order valence-electron chi connectivity index (χ3n) is 2.55. The van der Waals surface area contributed by atoms with Crippen molar-refractivity contribution in [3.05, 3.63) is 21.5 Å². The van der Waals surface area contributed by atoms with Crippen LogP contribution < -0.4 is 5.73 Å². The Hall–Kier alpha value is -1.73. The summed E-state index contributed by atoms with van der Waals surface area (Å²) in [4.78, 5) is 10.3. The van der Waals surface area contributed by atoms with E-state index in [2.05, 4.69) is 27.1 Å². The van der Waals surface area contributed by atoms with E-state index in [1.54, 1.807) is 28.9 Å². The van der Waals surface area contributed by atoms with Crippen molar-refractivity contribution in [1.82, 2.24) is 20.2 Å². The minimum Gasteiger partial charge on any atom is -0.383 e. The summed E-state index contributed by atoms with van der Waals surface area (Å²) in [5, 5.41) is 10.5. The highest BCUT2D eigenvalue weighted by molar-refractivity contribution is 7.13. The number of hydrogen-bond donors (Lipinski definition) is 2. The van der Waals surface area contributed by atoms with Crippen LogP contribution in [0.5, 0.6) is 0 Å². The molecule has 92 valence electrons. The van der Waals surface area contributed by atoms with Crippen LogP contribution in [0.2, 0.25) is 0 Å². The standard InChI is InChI=1S/C11H11N5S2/c1-5-9(14-6(2)18-5)8-4-17-11(15-8)7-3-13-16-10(7)12/h3-4H,1-2H3,(H3,12,13,16). The maximum atomic E-state index is 5.79. The monoisotopic (exact) mass is 277 g/mol. The third kappa shape index (κ3) is 1.81. The predicted octanol–water partition coefficient (Wildman–Crippen LogP) is 2.86. The first kappa shape index (κ1) is 11.4. The van der Waals surface area contributed by atoms with Crippen molar-refractivity contribution in [2.24, 2.45) is 0 Å². The molecule has 3 N–H and O–H groups in total. The van der Waals surface area contributed by atoms with Crippen molar-refractivity contribution in [2.75, 3.05) is 5.73 Å². The van der Waals surface area contributed by atoms with Gasteiger partial charge < -0.3 is 5.73 Å². The lowest BCUT2D eigenvalue weighted by molar-refractivity contribution is 1.10. The summed E-state index contributed by atoms with van der Waals surface area (Å²) in [6.07, 6.45) is 1.69. The smallest absolute Gasteiger partial charge is 0.129 e. The number of H-pyrrole nitrogens is 1. The number of aromatic amines is 1. The molecule has 0 radical (unpaired) electrons. The van der Waals surface area contributed by atoms with Gasteiger partial charge in [0.1, 0.15) is 22.2 Å². The maximum absolute atomic E-state index is 5.79. The van der Waals surface area contributed by atoms with E-state index in [9.17, 15) is 0 Å². The number of nitrogen functional groups attached to an aromatic ring is 1. The van der Waals surface area contributed by atoms with Gasteiger partial charge in [-0.05, 0) is 13.8 Å². The highest BCUT2D eigenvalue weighted by Gasteiger charge is 2.14. The molecule has 3 heterocycles. The zero-order valence-electron chi connectivity index (χ0n) is 9.89. The molecule has 0 saturated carbocycles. The number of nitrogens with two attached hydrogens (primary N) is 1. The SMILES string of the molecule is Cc1nc(-c2csc(-c3cn[nH]c3N)n2)c(C)s1. The normalized spacial score (nSPS) is 11.0. The summed E-state index contributed by atoms with van der Waals surface area (Å²) in [5.74, 6) is 0.544. The molecule has 0 aliphatic carbocycles. The molecule has 0 unspecified atom stereocenters. The number of nitrogens with one attached hydrogen (secondary N) is 1. The molecule has 0 amide bonds. The second-order valence-electron chi connectivity index (χ2n) is 3.87. The van der Waals surface area contributed by atoms with E-state index >= 15 is 0 Å². The fourth-order valence-electron chi connectivity index (χ4n) is 1.74. The summed E-state index contributed by atoms with van der Waals surface area (Å²) in [6.45, 7) is 4.06. The molecule has 5 nitrogen and oxygen atoms in total. The Morgan fingerprint density at radius 2 is 2.11 bits per heavy atom. The van der Waals surface area contributed by atoms with Crippen molar-refractivity contribution in [2.45, 2.75) is 13.8 Å². The van der Waals surface area contributed by atoms with Crippen LogP contribution in [0.1, 0.15) is 9.88 Å². The van der Waals surface area contributed by atoms with Gasteiger partial charge in [0.25, 0.3) is 0 Å². The molecule has 3 aromatic heterocycles. The molecule has 0 atom stereocenters. The predicted molar refractivity (Wildman–Crippen MR) is 74.7 cm³/mol. The highest BCUT2D eigenvalue weighted by atomic mass is 32.1. The molecule has 0 bridgehead atoms. The number of nitrogens with zero attached hydrogens (tertiary/aromatic N) is 3. The Morgan fingerprint density at radius 1 is 1.28 bits per heavy atom. The Labute approximate surface area is 112 Å². The van der Waals surface area contributed by atoms with Crippen LogP contribution in [0, 0.1) is 13.8 Å². The van der Waals surface area contributed by atoms with Crippen molar-refractivity contribution < 1.29 is 0 Å². The van der Waals surface area contributed by atoms with Gasteiger partial charge >= 0.3 is 0 Å². The van der Waals surface area contributed by atoms with E-state index < -0.39 is 0 Å². The molecule has 3 aromatic rings. The first-order chi connectivity index (χ1) is 8.65. The largest absolute Gasteiger partial charge is 0.383 e. The van der Waals surface area contributed by atoms with E-state index in [-0.39, 0.29) is 0 Å². The second-order valence-corrected chi connectivity index (χ2v) is 6.14. The number of aryl methyl sites for hydroxylation is 2. The van der Waals surface area contributed by atoms with Gasteiger partial charge in [0, 0.05) is 10.3 Å². The number of thiazole rings is 2. The molecule has 0 fully saturated rings. The average Bonchev–Trinajstić information content (AvgIpc) is 2.98. The summed E-state index contributed by atoms with van der Waals surface area (Å²) < 4.78 is 0. The van der Waals surface area contributed by atoms with Crippen molar-refractivity contribution in [3.8, 4) is 22.0 Å². The number of hydrogen-bond acceptors (Lipinski definition) is 6. The molecule has 7 heteroatoms. The van der Waals surface area contributed by atoms with Crippen LogP contribution in [-0.4, -0.2) is 20.2 Å². The molecular formula is C11H11N5S2. The van der Waals surface area contributed by atoms with E-state index in [4.69, 9.17) is 5.73 Å². The minimum absolute atomic E-state index is 0.544. The number of anilines is 1. The van der Waals surface area contributed by atoms with E-state index in [1.165, 1.54) is 4.88 Å². The van der Waals surface area contributed by atoms with Crippen LogP contribution >= 0.6 is 22.7 Å². The number of rotatable bonds is 2. The summed E-state index contributed by atoms with van der Waals surface area (Å²) in [7, 11) is 0. The molecular weight excluding hydrogens is 266 g/mol. The summed E-state index contributed by atoms with van der Waals surface area (Å²) in [6, 6.07) is 0. The van der Waals surface area contributed by atoms with Gasteiger partial charge in [0.15, 0.2) is 0 Å². The topological polar surface area (TPSA) is 80.5 Å². The lowest BCUT2D eigenvalue weighted by Gasteiger charge is -1.93. The first-order valence-electron chi connectivity index (χ1n) is 5.34. The van der Waals surface area contributed by atoms with Crippen molar-refractivity contribution in [1.29, 1.82) is 0 Å². The van der Waals surface area contributed by atoms with Crippen molar-refractivity contribution in [3.63, 3.8) is 0 Å². The molecule has 0 spiro atoms. The quantitative estimate of drug-likeness (QED) is 0.754. The molecule has 3 rings (SSSR count). The first-order valence-corrected chi connectivity index (χ1v) is 7.04. The summed E-state index contributed by atoms with van der Waals surface area (Å²) >= 11 is 3.23. The third-order valence-corrected chi connectivity index (χ3v) is 4.31. The van der Waals surface area contributed by atoms with E-state index in [0.29, 0.717) is 5.82 Å². The second kappa shape index (κ2) is 4.18. The van der Waals surface area contributed by atoms with E-state index in [1.807, 2.05) is 12.3 Å². The van der Waals surface area contributed by atoms with Crippen LogP contribution in [0.15, 0.2) is 11.6 Å². The fraction of sp³-hybridized carbons (Fsp3) is 0.182. The van der Waals surface area contributed by atoms with Crippen molar-refractivity contribution >= 4 is 28.5 Å². The molecule has 0 aliphatic rings. The minimum atomic E-state index is 0.544. The molecule has 0 aliphatic heterocycles. The number of aromatic nitrogens is 4. The lowest BCUT2D eigenvalue weighted by Crippen LogP contribution is -1.87.